The minimum atomic E-state index is -1.95. The van der Waals surface area contributed by atoms with Gasteiger partial charge in [-0.05, 0) is 133 Å². The van der Waals surface area contributed by atoms with Crippen LogP contribution in [0.5, 0.6) is 28.7 Å². The molecule has 1 N–H and O–H groups in total. The summed E-state index contributed by atoms with van der Waals surface area (Å²) in [5.41, 5.74) is 14.8. The molecular formula is C55H66Cl2O5P2. The summed E-state index contributed by atoms with van der Waals surface area (Å²) in [5.74, 6) is 3.19. The molecule has 0 spiro atoms. The first-order valence-electron chi connectivity index (χ1n) is 22.7. The largest absolute Gasteiger partial charge is 0.507 e. The lowest BCUT2D eigenvalue weighted by molar-refractivity contribution is 0.459. The van der Waals surface area contributed by atoms with Crippen LogP contribution in [0.15, 0.2) is 60.7 Å². The van der Waals surface area contributed by atoms with E-state index in [1.54, 1.807) is 0 Å². The standard InChI is InChI=1S/C55H66Cl2O5P2/c1-51(2,3)41-21-31-16-33-23-42(52(4,5)6)25-35-18-37-27-44(54(10,11)12)29-39(49(37)61-63(56)59-47(33)35)20-40-30-45(55(13,14)15)28-38-19-36-26-43(53(7,8)9)24-34(17-32(22-41)46(31)58)48(36)60-64(57)62-50(38)40/h21-30,58H,16-20H2,1-15H3. The molecule has 0 aromatic heterocycles. The number of phenolic OH excluding ortho intramolecular Hbond substituents is 1. The van der Waals surface area contributed by atoms with E-state index in [-0.39, 0.29) is 32.8 Å². The van der Waals surface area contributed by atoms with Crippen LogP contribution in [0, 0.1) is 0 Å². The van der Waals surface area contributed by atoms with E-state index in [1.807, 2.05) is 0 Å². The van der Waals surface area contributed by atoms with Crippen LogP contribution in [0.1, 0.15) is 187 Å². The molecule has 5 aromatic rings. The molecule has 0 amide bonds. The Labute approximate surface area is 395 Å². The summed E-state index contributed by atoms with van der Waals surface area (Å²) >= 11 is 14.6. The van der Waals surface area contributed by atoms with Crippen LogP contribution in [0.3, 0.4) is 0 Å². The van der Waals surface area contributed by atoms with Crippen molar-refractivity contribution in [2.75, 3.05) is 0 Å². The number of halogens is 2. The van der Waals surface area contributed by atoms with Gasteiger partial charge in [-0.3, -0.25) is 0 Å². The number of hydrogen-bond donors (Lipinski definition) is 1. The van der Waals surface area contributed by atoms with Gasteiger partial charge in [0.25, 0.3) is 0 Å². The number of hydrogen-bond acceptors (Lipinski definition) is 5. The van der Waals surface area contributed by atoms with E-state index in [4.69, 9.17) is 40.6 Å². The first kappa shape index (κ1) is 47.0. The van der Waals surface area contributed by atoms with Crippen LogP contribution in [0.4, 0.5) is 0 Å². The molecule has 64 heavy (non-hydrogen) atoms. The molecule has 6 aliphatic rings. The van der Waals surface area contributed by atoms with E-state index in [0.717, 1.165) is 84.2 Å². The molecule has 5 nitrogen and oxygen atoms in total. The summed E-state index contributed by atoms with van der Waals surface area (Å²) in [6.45, 7) is 33.7. The molecule has 5 aromatic carbocycles. The fraction of sp³-hybridized carbons (Fsp3) is 0.455. The van der Waals surface area contributed by atoms with E-state index in [9.17, 15) is 5.11 Å². The molecule has 14 bridgehead atoms. The minimum absolute atomic E-state index is 0.167. The van der Waals surface area contributed by atoms with Gasteiger partial charge in [-0.25, -0.2) is 0 Å². The summed E-state index contributed by atoms with van der Waals surface area (Å²) in [6, 6.07) is 22.6. The highest BCUT2D eigenvalue weighted by atomic mass is 35.7. The Hall–Kier alpha value is -3.46. The van der Waals surface area contributed by atoms with Crippen molar-refractivity contribution in [1.82, 2.24) is 0 Å². The lowest BCUT2D eigenvalue weighted by atomic mass is 9.79. The maximum Gasteiger partial charge on any atom is 0.401 e. The third kappa shape index (κ3) is 9.54. The molecule has 1 aliphatic carbocycles. The van der Waals surface area contributed by atoms with Crippen LogP contribution < -0.4 is 18.1 Å². The third-order valence-electron chi connectivity index (χ3n) is 13.1. The smallest absolute Gasteiger partial charge is 0.401 e. The predicted octanol–water partition coefficient (Wildman–Crippen LogP) is 16.6. The van der Waals surface area contributed by atoms with Gasteiger partial charge < -0.3 is 23.2 Å². The fourth-order valence-corrected chi connectivity index (χ4v) is 11.5. The van der Waals surface area contributed by atoms with Crippen LogP contribution in [0.2, 0.25) is 0 Å². The Kier molecular flexibility index (Phi) is 12.1. The van der Waals surface area contributed by atoms with Crippen molar-refractivity contribution in [3.05, 3.63) is 144 Å². The average molecular weight is 940 g/mol. The number of phenols is 1. The van der Waals surface area contributed by atoms with Gasteiger partial charge in [-0.2, -0.15) is 0 Å². The molecule has 0 saturated carbocycles. The number of aromatic hydroxyl groups is 1. The third-order valence-corrected chi connectivity index (χ3v) is 15.3. The van der Waals surface area contributed by atoms with E-state index < -0.39 is 15.5 Å². The van der Waals surface area contributed by atoms with Crippen molar-refractivity contribution in [3.8, 4) is 28.7 Å². The number of rotatable bonds is 0. The zero-order valence-electron chi connectivity index (χ0n) is 40.5. The monoisotopic (exact) mass is 938 g/mol. The van der Waals surface area contributed by atoms with Gasteiger partial charge in [-0.1, -0.05) is 165 Å². The fourth-order valence-electron chi connectivity index (χ4n) is 9.08. The second kappa shape index (κ2) is 16.4. The van der Waals surface area contributed by atoms with Gasteiger partial charge in [0.1, 0.15) is 28.7 Å². The SMILES string of the molecule is CC(C)(C)c1cc2c(O)c(c1)Cc1cc(C(C)(C)C)cc3c1OP(Cl)Oc1c(cc(C(C)(C)C)cc1Cc1cc(C(C)(C)C)cc4c1OP(Cl)Oc1c(cc(C(C)(C)C)cc1C4)C2)C3. The van der Waals surface area contributed by atoms with Crippen molar-refractivity contribution < 1.29 is 23.2 Å². The summed E-state index contributed by atoms with van der Waals surface area (Å²) < 4.78 is 27.3. The van der Waals surface area contributed by atoms with Gasteiger partial charge >= 0.3 is 15.5 Å². The van der Waals surface area contributed by atoms with Gasteiger partial charge in [0.15, 0.2) is 0 Å². The molecule has 2 atom stereocenters. The first-order chi connectivity index (χ1) is 29.5. The highest BCUT2D eigenvalue weighted by Gasteiger charge is 2.34. The summed E-state index contributed by atoms with van der Waals surface area (Å²) in [6.07, 6.45) is 2.52. The normalized spacial score (nSPS) is 17.7. The van der Waals surface area contributed by atoms with Crippen molar-refractivity contribution in [2.24, 2.45) is 0 Å². The van der Waals surface area contributed by atoms with Crippen molar-refractivity contribution in [2.45, 2.75) is 163 Å². The lowest BCUT2D eigenvalue weighted by Crippen LogP contribution is -2.18. The maximum absolute atomic E-state index is 12.6. The minimum Gasteiger partial charge on any atom is -0.507 e. The second-order valence-electron chi connectivity index (χ2n) is 23.6. The van der Waals surface area contributed by atoms with Gasteiger partial charge in [0.05, 0.1) is 0 Å². The van der Waals surface area contributed by atoms with Crippen LogP contribution in [0.25, 0.3) is 0 Å². The molecular weight excluding hydrogens is 873 g/mol. The lowest BCUT2D eigenvalue weighted by Gasteiger charge is -2.31. The Morgan fingerprint density at radius 1 is 0.328 bits per heavy atom. The molecule has 9 heteroatoms. The topological polar surface area (TPSA) is 57.2 Å². The Bertz CT molecular complexity index is 2500. The van der Waals surface area contributed by atoms with Gasteiger partial charge in [0.2, 0.25) is 0 Å². The molecule has 340 valence electrons. The second-order valence-corrected chi connectivity index (χ2v) is 26.8. The Morgan fingerprint density at radius 2 is 0.484 bits per heavy atom. The van der Waals surface area contributed by atoms with Crippen LogP contribution >= 0.6 is 37.9 Å². The van der Waals surface area contributed by atoms with Crippen LogP contribution in [-0.4, -0.2) is 5.11 Å². The van der Waals surface area contributed by atoms with Crippen molar-refractivity contribution in [3.63, 3.8) is 0 Å². The average Bonchev–Trinajstić information content (AvgIpc) is 3.13. The maximum atomic E-state index is 12.6. The highest BCUT2D eigenvalue weighted by molar-refractivity contribution is 7.77. The molecule has 0 radical (unpaired) electrons. The summed E-state index contributed by atoms with van der Waals surface area (Å²) in [4.78, 5) is 0. The summed E-state index contributed by atoms with van der Waals surface area (Å²) in [7, 11) is -3.90. The van der Waals surface area contributed by atoms with E-state index in [1.165, 1.54) is 22.3 Å². The predicted molar refractivity (Wildman–Crippen MR) is 269 cm³/mol. The molecule has 2 unspecified atom stereocenters. The molecule has 0 saturated heterocycles. The van der Waals surface area contributed by atoms with E-state index in [0.29, 0.717) is 32.1 Å². The number of benzene rings is 5. The first-order valence-corrected chi connectivity index (χ1v) is 26.8. The van der Waals surface area contributed by atoms with E-state index in [2.05, 4.69) is 165 Å². The zero-order chi connectivity index (χ0) is 46.6. The molecule has 11 rings (SSSR count). The molecule has 5 aliphatic heterocycles. The quantitative estimate of drug-likeness (QED) is 0.154. The van der Waals surface area contributed by atoms with Crippen molar-refractivity contribution in [1.29, 1.82) is 0 Å². The molecule has 0 fully saturated rings. The van der Waals surface area contributed by atoms with Crippen molar-refractivity contribution >= 4 is 37.9 Å². The Balaban J connectivity index is 1.52. The van der Waals surface area contributed by atoms with Gasteiger partial charge in [0, 0.05) is 32.1 Å². The highest BCUT2D eigenvalue weighted by Crippen LogP contribution is 2.56. The molecule has 5 heterocycles. The zero-order valence-corrected chi connectivity index (χ0v) is 43.8. The van der Waals surface area contributed by atoms with Crippen LogP contribution in [-0.2, 0) is 59.2 Å². The Morgan fingerprint density at radius 3 is 0.656 bits per heavy atom. The van der Waals surface area contributed by atoms with Gasteiger partial charge in [-0.15, -0.1) is 0 Å². The van der Waals surface area contributed by atoms with E-state index >= 15 is 0 Å². The summed E-state index contributed by atoms with van der Waals surface area (Å²) in [5, 5.41) is 12.6.